The van der Waals surface area contributed by atoms with Crippen LogP contribution in [-0.2, 0) is 60.3 Å². The number of benzene rings is 10. The maximum absolute atomic E-state index is 10.1. The zero-order chi connectivity index (χ0) is 66.2. The number of imidazole rings is 7. The Morgan fingerprint density at radius 2 is 0.710 bits per heavy atom. The number of pyridine rings is 2. The first-order chi connectivity index (χ1) is 47.7. The third kappa shape index (κ3) is 14.6. The topological polar surface area (TPSA) is 197 Å². The Morgan fingerprint density at radius 3 is 1.02 bits per heavy atom. The van der Waals surface area contributed by atoms with Gasteiger partial charge in [0, 0.05) is 72.7 Å². The molecule has 3 N–H and O–H groups in total. The summed E-state index contributed by atoms with van der Waals surface area (Å²) in [6.07, 6.45) is 2.92. The van der Waals surface area contributed by atoms with Gasteiger partial charge in [0.1, 0.15) is 5.69 Å². The van der Waals surface area contributed by atoms with Gasteiger partial charge in [-0.1, -0.05) is 126 Å². The normalized spacial score (nSPS) is 11.4. The van der Waals surface area contributed by atoms with Crippen molar-refractivity contribution in [1.82, 2.24) is 61.8 Å². The molecule has 0 aliphatic rings. The van der Waals surface area contributed by atoms with E-state index in [1.54, 1.807) is 32.2 Å². The molecule has 3 radical (unpaired) electrons. The van der Waals surface area contributed by atoms with Gasteiger partial charge in [-0.05, 0) is 134 Å². The van der Waals surface area contributed by atoms with Crippen molar-refractivity contribution in [2.75, 3.05) is 0 Å². The van der Waals surface area contributed by atoms with Crippen LogP contribution in [0.4, 0.5) is 0 Å². The first-order valence-corrected chi connectivity index (χ1v) is 31.5. The van der Waals surface area contributed by atoms with Crippen molar-refractivity contribution >= 4 is 101 Å². The van der Waals surface area contributed by atoms with Crippen LogP contribution in [0.1, 0.15) is 30.8 Å². The summed E-state index contributed by atoms with van der Waals surface area (Å²) in [4.78, 5) is 41.3. The van der Waals surface area contributed by atoms with E-state index in [-0.39, 0.29) is 78.2 Å². The maximum atomic E-state index is 10.1. The summed E-state index contributed by atoms with van der Waals surface area (Å²) in [6.45, 7) is 3.32. The van der Waals surface area contributed by atoms with Crippen LogP contribution in [-0.4, -0.2) is 90.3 Å². The van der Waals surface area contributed by atoms with Gasteiger partial charge in [0.15, 0.2) is 0 Å². The van der Waals surface area contributed by atoms with Gasteiger partial charge in [-0.2, -0.15) is 72.8 Å². The van der Waals surface area contributed by atoms with E-state index < -0.39 is 5.97 Å². The Labute approximate surface area is 614 Å². The SMILES string of the molecule is CC(O)CC(C)O.O=C(O)c1ccccn1.[Ir].[Ir].[Ir].[c-]1ccccc1-n1c2ccccc2n2c3ccccc3nc12.[c-]1ccccc1-n1c2ccccc2n2c3ccccc3nc12.[c-]1ccccc1-n1c2ccccc2n2c3ccccc3nc12.c1ccc(-c2nc3ccccc3[n-]2)nc1. The minimum atomic E-state index is -0.990. The zero-order valence-electron chi connectivity index (χ0n) is 53.6. The molecule has 9 aromatic heterocycles. The summed E-state index contributed by atoms with van der Waals surface area (Å²) in [5, 5.41) is 25.4. The van der Waals surface area contributed by atoms with Crippen LogP contribution in [0, 0.1) is 18.2 Å². The predicted octanol–water partition coefficient (Wildman–Crippen LogP) is 15.9. The van der Waals surface area contributed by atoms with Crippen LogP contribution in [0.25, 0.3) is 123 Å². The summed E-state index contributed by atoms with van der Waals surface area (Å²) in [5.74, 6) is 2.46. The Hall–Kier alpha value is -10.9. The first kappa shape index (κ1) is 70.4. The number of carboxylic acid groups (broad SMARTS) is 1. The van der Waals surface area contributed by atoms with Gasteiger partial charge in [-0.3, -0.25) is 18.2 Å². The van der Waals surface area contributed by atoms with Crippen molar-refractivity contribution in [2.24, 2.45) is 0 Å². The molecule has 9 heterocycles. The first-order valence-electron chi connectivity index (χ1n) is 31.5. The van der Waals surface area contributed by atoms with Crippen molar-refractivity contribution in [3.8, 4) is 28.6 Å². The molecule has 0 saturated heterocycles. The molecule has 100 heavy (non-hydrogen) atoms. The molecular formula is C80H61Ir3N13O4-4. The fraction of sp³-hybridized carbons (Fsp3) is 0.0625. The van der Waals surface area contributed by atoms with Crippen LogP contribution in [0.3, 0.4) is 0 Å². The molecule has 2 unspecified atom stereocenters. The molecule has 19 aromatic rings. The third-order valence-electron chi connectivity index (χ3n) is 15.9. The van der Waals surface area contributed by atoms with Gasteiger partial charge in [-0.15, -0.1) is 18.2 Å². The molecule has 0 fully saturated rings. The molecule has 0 amide bonds. The molecule has 0 bridgehead atoms. The molecule has 501 valence electrons. The second kappa shape index (κ2) is 32.2. The van der Waals surface area contributed by atoms with Gasteiger partial charge >= 0.3 is 5.97 Å². The Balaban J connectivity index is 0.000000125. The maximum Gasteiger partial charge on any atom is 0.354 e. The fourth-order valence-corrected chi connectivity index (χ4v) is 11.8. The molecular weight excluding hydrogens is 1780 g/mol. The second-order valence-corrected chi connectivity index (χ2v) is 22.6. The number of aliphatic hydroxyl groups is 2. The van der Waals surface area contributed by atoms with Crippen LogP contribution < -0.4 is 4.98 Å². The van der Waals surface area contributed by atoms with Crippen LogP contribution in [0.15, 0.2) is 291 Å². The molecule has 17 nitrogen and oxygen atoms in total. The molecule has 0 spiro atoms. The van der Waals surface area contributed by atoms with Gasteiger partial charge in [0.25, 0.3) is 0 Å². The number of rotatable bonds is 7. The van der Waals surface area contributed by atoms with Crippen molar-refractivity contribution in [3.63, 3.8) is 0 Å². The second-order valence-electron chi connectivity index (χ2n) is 22.6. The van der Waals surface area contributed by atoms with Crippen molar-refractivity contribution in [2.45, 2.75) is 32.5 Å². The molecule has 19 rings (SSSR count). The van der Waals surface area contributed by atoms with E-state index in [0.717, 1.165) is 117 Å². The number of carboxylic acids is 1. The number of nitrogens with zero attached hydrogens (tertiary/aromatic N) is 13. The fourth-order valence-electron chi connectivity index (χ4n) is 11.8. The van der Waals surface area contributed by atoms with Gasteiger partial charge in [0.05, 0.1) is 84.1 Å². The predicted molar refractivity (Wildman–Crippen MR) is 383 cm³/mol. The summed E-state index contributed by atoms with van der Waals surface area (Å²) >= 11 is 0. The summed E-state index contributed by atoms with van der Waals surface area (Å²) in [6, 6.07) is 102. The van der Waals surface area contributed by atoms with E-state index in [1.807, 2.05) is 115 Å². The number of aliphatic hydroxyl groups excluding tert-OH is 2. The number of aromatic nitrogens is 13. The van der Waals surface area contributed by atoms with E-state index in [4.69, 9.17) is 30.3 Å². The minimum absolute atomic E-state index is 0. The number of fused-ring (bicyclic) bond motifs is 16. The van der Waals surface area contributed by atoms with E-state index in [0.29, 0.717) is 12.2 Å². The number of hydrogen-bond acceptors (Lipinski definition) is 9. The van der Waals surface area contributed by atoms with Gasteiger partial charge < -0.3 is 39.0 Å². The van der Waals surface area contributed by atoms with Crippen molar-refractivity contribution < 1.29 is 80.4 Å². The molecule has 0 saturated carbocycles. The van der Waals surface area contributed by atoms with Crippen molar-refractivity contribution in [3.05, 3.63) is 315 Å². The average molecular weight is 1850 g/mol. The van der Waals surface area contributed by atoms with Crippen LogP contribution in [0.5, 0.6) is 0 Å². The molecule has 2 atom stereocenters. The Morgan fingerprint density at radius 1 is 0.380 bits per heavy atom. The number of carbonyl (C=O) groups is 1. The molecule has 20 heteroatoms. The van der Waals surface area contributed by atoms with E-state index in [9.17, 15) is 4.79 Å². The standard InChI is InChI=1S/3C19H12N3.C12H8N3.C6H5NO2.C5H12O2.3Ir/c3*1-2-8-14(9-3-1)21-17-12-6-7-13-18(17)22-16-11-5-4-10-15(16)20-19(21)22;1-2-6-10-9(5-1)14-12(15-10)11-7-3-4-8-13-11;8-6(9)5-3-1-2-4-7-5;1-4(6)3-5(2)7;;;/h3*1-8,10-13H;1-8H;1-4H,(H,8,9);4-7H,3H2,1-2H3;;;/q4*-1;;;;;. The number of hydrogen-bond donors (Lipinski definition) is 3. The van der Waals surface area contributed by atoms with E-state index >= 15 is 0 Å². The van der Waals surface area contributed by atoms with Crippen LogP contribution >= 0.6 is 0 Å². The third-order valence-corrected chi connectivity index (χ3v) is 15.9. The average Bonchev–Trinajstić information content (AvgIpc) is 1.58. The van der Waals surface area contributed by atoms with E-state index in [2.05, 4.69) is 211 Å². The number of aromatic carboxylic acids is 1. The molecule has 0 aliphatic heterocycles. The van der Waals surface area contributed by atoms with E-state index in [1.165, 1.54) is 12.3 Å². The quantitative estimate of drug-likeness (QED) is 0.128. The Bertz CT molecular complexity index is 5400. The summed E-state index contributed by atoms with van der Waals surface area (Å²) in [5.41, 5.74) is 19.0. The summed E-state index contributed by atoms with van der Waals surface area (Å²) in [7, 11) is 0. The largest absolute Gasteiger partial charge is 0.477 e. The van der Waals surface area contributed by atoms with Crippen LogP contribution in [0.2, 0.25) is 0 Å². The van der Waals surface area contributed by atoms with Gasteiger partial charge in [0.2, 0.25) is 17.3 Å². The molecule has 0 aliphatic carbocycles. The summed E-state index contributed by atoms with van der Waals surface area (Å²) < 4.78 is 13.1. The zero-order valence-corrected chi connectivity index (χ0v) is 60.8. The van der Waals surface area contributed by atoms with Gasteiger partial charge in [-0.25, -0.2) is 24.7 Å². The van der Waals surface area contributed by atoms with Crippen molar-refractivity contribution in [1.29, 1.82) is 0 Å². The number of para-hydroxylation sites is 17. The smallest absolute Gasteiger partial charge is 0.354 e. The minimum Gasteiger partial charge on any atom is -0.477 e. The monoisotopic (exact) mass is 1850 g/mol. The Kier molecular flexibility index (Phi) is 22.7. The molecule has 10 aromatic carbocycles.